The molecule has 0 radical (unpaired) electrons. The number of aromatic nitrogens is 2. The number of rotatable bonds is 4. The lowest BCUT2D eigenvalue weighted by atomic mass is 10.2. The van der Waals surface area contributed by atoms with Crippen LogP contribution in [-0.2, 0) is 6.54 Å². The average molecular weight is 352 g/mol. The molecule has 26 heavy (non-hydrogen) atoms. The van der Waals surface area contributed by atoms with Gasteiger partial charge >= 0.3 is 0 Å². The summed E-state index contributed by atoms with van der Waals surface area (Å²) in [5.41, 5.74) is 3.76. The van der Waals surface area contributed by atoms with Gasteiger partial charge in [0.2, 0.25) is 0 Å². The molecule has 3 heterocycles. The highest BCUT2D eigenvalue weighted by atomic mass is 19.1. The first-order chi connectivity index (χ1) is 12.6. The molecular weight excluding hydrogens is 331 g/mol. The van der Waals surface area contributed by atoms with Crippen LogP contribution in [0.3, 0.4) is 0 Å². The smallest absolute Gasteiger partial charge is 0.253 e. The van der Waals surface area contributed by atoms with E-state index in [0.717, 1.165) is 17.8 Å². The number of amides is 1. The molecule has 134 valence electrons. The Balaban J connectivity index is 1.37. The fourth-order valence-electron chi connectivity index (χ4n) is 3.40. The van der Waals surface area contributed by atoms with Gasteiger partial charge in [-0.1, -0.05) is 6.07 Å². The molecule has 1 aromatic carbocycles. The van der Waals surface area contributed by atoms with Crippen LogP contribution >= 0.6 is 0 Å². The third-order valence-electron chi connectivity index (χ3n) is 4.87. The minimum absolute atomic E-state index is 0.0419. The summed E-state index contributed by atoms with van der Waals surface area (Å²) in [5, 5.41) is 3.53. The van der Waals surface area contributed by atoms with E-state index in [1.54, 1.807) is 12.1 Å². The maximum atomic E-state index is 13.0. The van der Waals surface area contributed by atoms with Gasteiger partial charge in [-0.15, -0.1) is 0 Å². The quantitative estimate of drug-likeness (QED) is 0.786. The molecule has 1 amide bonds. The van der Waals surface area contributed by atoms with E-state index in [1.807, 2.05) is 17.2 Å². The summed E-state index contributed by atoms with van der Waals surface area (Å²) in [4.78, 5) is 18.8. The van der Waals surface area contributed by atoms with E-state index in [2.05, 4.69) is 33.9 Å². The third kappa shape index (κ3) is 3.32. The van der Waals surface area contributed by atoms with Crippen molar-refractivity contribution in [2.75, 3.05) is 13.1 Å². The van der Waals surface area contributed by atoms with Crippen LogP contribution in [0.1, 0.15) is 28.0 Å². The van der Waals surface area contributed by atoms with Crippen molar-refractivity contribution in [1.29, 1.82) is 0 Å². The summed E-state index contributed by atoms with van der Waals surface area (Å²) in [6, 6.07) is 10.0. The van der Waals surface area contributed by atoms with E-state index in [4.69, 9.17) is 0 Å². The van der Waals surface area contributed by atoms with Crippen LogP contribution < -0.4 is 5.32 Å². The Morgan fingerprint density at radius 2 is 2.08 bits per heavy atom. The predicted octanol–water partition coefficient (Wildman–Crippen LogP) is 2.79. The minimum Gasteiger partial charge on any atom is -0.337 e. The number of hydrogen-bond donors (Lipinski definition) is 1. The number of benzene rings is 1. The maximum absolute atomic E-state index is 13.0. The van der Waals surface area contributed by atoms with Crippen LogP contribution in [0.15, 0.2) is 48.8 Å². The number of imidazole rings is 1. The molecule has 6 heteroatoms. The molecule has 4 rings (SSSR count). The van der Waals surface area contributed by atoms with Gasteiger partial charge in [-0.05, 0) is 49.2 Å². The minimum atomic E-state index is -0.328. The second kappa shape index (κ2) is 6.88. The van der Waals surface area contributed by atoms with Gasteiger partial charge in [0, 0.05) is 37.4 Å². The van der Waals surface area contributed by atoms with Gasteiger partial charge in [-0.2, -0.15) is 0 Å². The maximum Gasteiger partial charge on any atom is 0.253 e. The molecule has 0 saturated carbocycles. The first-order valence-electron chi connectivity index (χ1n) is 8.81. The third-order valence-corrected chi connectivity index (χ3v) is 4.87. The van der Waals surface area contributed by atoms with E-state index in [1.165, 1.54) is 17.7 Å². The monoisotopic (exact) mass is 352 g/mol. The van der Waals surface area contributed by atoms with Crippen molar-refractivity contribution >= 4 is 11.6 Å². The number of hydrogen-bond acceptors (Lipinski definition) is 3. The van der Waals surface area contributed by atoms with Crippen LogP contribution in [0.4, 0.5) is 4.39 Å². The molecule has 5 nitrogen and oxygen atoms in total. The topological polar surface area (TPSA) is 49.6 Å². The zero-order valence-corrected chi connectivity index (χ0v) is 14.7. The van der Waals surface area contributed by atoms with Crippen molar-refractivity contribution in [3.05, 3.63) is 71.4 Å². The number of nitrogens with one attached hydrogen (secondary N) is 1. The summed E-state index contributed by atoms with van der Waals surface area (Å²) in [6.07, 6.45) is 4.87. The average Bonchev–Trinajstić information content (AvgIpc) is 3.26. The molecule has 0 aliphatic carbocycles. The summed E-state index contributed by atoms with van der Waals surface area (Å²) in [6.45, 7) is 4.13. The summed E-state index contributed by atoms with van der Waals surface area (Å²) in [5.74, 6) is -0.370. The van der Waals surface area contributed by atoms with Crippen molar-refractivity contribution in [1.82, 2.24) is 19.6 Å². The van der Waals surface area contributed by atoms with Crippen molar-refractivity contribution < 1.29 is 9.18 Å². The number of aryl methyl sites for hydroxylation is 1. The summed E-state index contributed by atoms with van der Waals surface area (Å²) >= 11 is 0. The lowest BCUT2D eigenvalue weighted by molar-refractivity contribution is 0.0789. The first-order valence-corrected chi connectivity index (χ1v) is 8.81. The molecule has 1 N–H and O–H groups in total. The van der Waals surface area contributed by atoms with Crippen LogP contribution in [0.25, 0.3) is 5.65 Å². The van der Waals surface area contributed by atoms with Gasteiger partial charge < -0.3 is 14.6 Å². The van der Waals surface area contributed by atoms with E-state index in [-0.39, 0.29) is 17.8 Å². The van der Waals surface area contributed by atoms with Crippen molar-refractivity contribution in [3.63, 3.8) is 0 Å². The largest absolute Gasteiger partial charge is 0.337 e. The van der Waals surface area contributed by atoms with Crippen molar-refractivity contribution in [2.24, 2.45) is 0 Å². The molecule has 1 atom stereocenters. The number of pyridine rings is 1. The van der Waals surface area contributed by atoms with E-state index in [0.29, 0.717) is 25.2 Å². The number of nitrogens with zero attached hydrogens (tertiary/aromatic N) is 3. The molecule has 1 aliphatic rings. The SMILES string of the molecule is Cc1ccc2ncc(CN[C@@H]3CCN(C(=O)c4ccc(F)cc4)C3)n2c1. The van der Waals surface area contributed by atoms with Gasteiger partial charge in [-0.25, -0.2) is 9.37 Å². The Kier molecular flexibility index (Phi) is 4.42. The van der Waals surface area contributed by atoms with Crippen LogP contribution in [0.2, 0.25) is 0 Å². The van der Waals surface area contributed by atoms with E-state index >= 15 is 0 Å². The molecule has 1 fully saturated rings. The van der Waals surface area contributed by atoms with Crippen molar-refractivity contribution in [3.8, 4) is 0 Å². The zero-order valence-electron chi connectivity index (χ0n) is 14.7. The zero-order chi connectivity index (χ0) is 18.1. The van der Waals surface area contributed by atoms with Gasteiger partial charge in [0.25, 0.3) is 5.91 Å². The lowest BCUT2D eigenvalue weighted by Gasteiger charge is -2.17. The molecule has 0 spiro atoms. The number of halogens is 1. The number of likely N-dealkylation sites (tertiary alicyclic amines) is 1. The fourth-order valence-corrected chi connectivity index (χ4v) is 3.40. The van der Waals surface area contributed by atoms with Gasteiger partial charge in [0.05, 0.1) is 11.9 Å². The highest BCUT2D eigenvalue weighted by Gasteiger charge is 2.26. The molecule has 1 aliphatic heterocycles. The fraction of sp³-hybridized carbons (Fsp3) is 0.300. The Morgan fingerprint density at radius 1 is 1.27 bits per heavy atom. The Bertz CT molecular complexity index is 935. The second-order valence-corrected chi connectivity index (χ2v) is 6.81. The first kappa shape index (κ1) is 16.7. The number of carbonyl (C=O) groups is 1. The highest BCUT2D eigenvalue weighted by molar-refractivity contribution is 5.94. The molecular formula is C20H21FN4O. The normalized spacial score (nSPS) is 17.2. The summed E-state index contributed by atoms with van der Waals surface area (Å²) in [7, 11) is 0. The molecule has 2 aromatic heterocycles. The van der Waals surface area contributed by atoms with Crippen LogP contribution in [-0.4, -0.2) is 39.3 Å². The van der Waals surface area contributed by atoms with Gasteiger partial charge in [0.1, 0.15) is 11.5 Å². The molecule has 1 saturated heterocycles. The molecule has 0 bridgehead atoms. The van der Waals surface area contributed by atoms with E-state index < -0.39 is 0 Å². The highest BCUT2D eigenvalue weighted by Crippen LogP contribution is 2.15. The van der Waals surface area contributed by atoms with Gasteiger partial charge in [0.15, 0.2) is 0 Å². The van der Waals surface area contributed by atoms with E-state index in [9.17, 15) is 9.18 Å². The predicted molar refractivity (Wildman–Crippen MR) is 97.5 cm³/mol. The van der Waals surface area contributed by atoms with Gasteiger partial charge in [-0.3, -0.25) is 4.79 Å². The standard InChI is InChI=1S/C20H21FN4O/c1-14-2-7-19-23-11-18(25(19)12-14)10-22-17-8-9-24(13-17)20(26)15-3-5-16(21)6-4-15/h2-7,11-12,17,22H,8-10,13H2,1H3/t17-/m1/s1. The van der Waals surface area contributed by atoms with Crippen LogP contribution in [0, 0.1) is 12.7 Å². The second-order valence-electron chi connectivity index (χ2n) is 6.81. The number of fused-ring (bicyclic) bond motifs is 1. The Labute approximate surface area is 151 Å². The summed E-state index contributed by atoms with van der Waals surface area (Å²) < 4.78 is 15.1. The molecule has 0 unspecified atom stereocenters. The Hall–Kier alpha value is -2.73. The van der Waals surface area contributed by atoms with Crippen LogP contribution in [0.5, 0.6) is 0 Å². The number of carbonyl (C=O) groups excluding carboxylic acids is 1. The molecule has 3 aromatic rings. The lowest BCUT2D eigenvalue weighted by Crippen LogP contribution is -2.35. The Morgan fingerprint density at radius 3 is 2.88 bits per heavy atom. The van der Waals surface area contributed by atoms with Crippen molar-refractivity contribution in [2.45, 2.75) is 25.9 Å².